The van der Waals surface area contributed by atoms with Crippen LogP contribution in [-0.2, 0) is 15.1 Å². The molecule has 7 heteroatoms. The molecule has 156 valence electrons. The minimum absolute atomic E-state index is 0.400. The molecule has 1 aliphatic heterocycles. The summed E-state index contributed by atoms with van der Waals surface area (Å²) in [5.41, 5.74) is 3.74. The van der Waals surface area contributed by atoms with Crippen LogP contribution >= 0.6 is 0 Å². The normalized spacial score (nSPS) is 17.9. The first-order chi connectivity index (χ1) is 15.0. The van der Waals surface area contributed by atoms with Crippen LogP contribution < -0.4 is 15.8 Å². The summed E-state index contributed by atoms with van der Waals surface area (Å²) in [7, 11) is 0. The van der Waals surface area contributed by atoms with E-state index in [2.05, 4.69) is 10.7 Å². The summed E-state index contributed by atoms with van der Waals surface area (Å²) in [5.74, 6) is -0.960. The van der Waals surface area contributed by atoms with Crippen molar-refractivity contribution in [1.29, 1.82) is 0 Å². The van der Waals surface area contributed by atoms with Crippen molar-refractivity contribution in [3.05, 3.63) is 96.6 Å². The van der Waals surface area contributed by atoms with Crippen LogP contribution in [0.1, 0.15) is 12.5 Å². The molecule has 1 aliphatic rings. The van der Waals surface area contributed by atoms with E-state index in [0.717, 1.165) is 16.3 Å². The lowest BCUT2D eigenvalue weighted by Crippen LogP contribution is -2.47. The van der Waals surface area contributed by atoms with Gasteiger partial charge < -0.3 is 5.32 Å². The van der Waals surface area contributed by atoms with Gasteiger partial charge in [-0.25, -0.2) is 4.79 Å². The van der Waals surface area contributed by atoms with Gasteiger partial charge >= 0.3 is 6.03 Å². The Morgan fingerprint density at radius 3 is 1.87 bits per heavy atom. The second kappa shape index (κ2) is 8.31. The van der Waals surface area contributed by atoms with Crippen LogP contribution in [0.2, 0.25) is 0 Å². The third kappa shape index (κ3) is 3.98. The molecule has 31 heavy (non-hydrogen) atoms. The Bertz CT molecular complexity index is 1050. The van der Waals surface area contributed by atoms with Crippen LogP contribution in [0.5, 0.6) is 0 Å². The molecule has 3 aromatic carbocycles. The van der Waals surface area contributed by atoms with Gasteiger partial charge in [-0.1, -0.05) is 66.7 Å². The summed E-state index contributed by atoms with van der Waals surface area (Å²) in [5, 5.41) is 4.33. The van der Waals surface area contributed by atoms with Gasteiger partial charge in [-0.15, -0.1) is 0 Å². The number of para-hydroxylation sites is 2. The number of hydrogen-bond acceptors (Lipinski definition) is 4. The van der Waals surface area contributed by atoms with Crippen LogP contribution in [0.25, 0.3) is 0 Å². The van der Waals surface area contributed by atoms with Gasteiger partial charge in [0.05, 0.1) is 11.4 Å². The zero-order valence-corrected chi connectivity index (χ0v) is 17.0. The van der Waals surface area contributed by atoms with E-state index >= 15 is 0 Å². The summed E-state index contributed by atoms with van der Waals surface area (Å²) >= 11 is 0. The lowest BCUT2D eigenvalue weighted by atomic mass is 9.92. The Kier molecular flexibility index (Phi) is 5.41. The highest BCUT2D eigenvalue weighted by molar-refractivity contribution is 6.09. The fourth-order valence-corrected chi connectivity index (χ4v) is 3.54. The van der Waals surface area contributed by atoms with Crippen molar-refractivity contribution >= 4 is 29.2 Å². The topological polar surface area (TPSA) is 81.8 Å². The third-order valence-corrected chi connectivity index (χ3v) is 5.19. The number of amides is 4. The molecule has 0 spiro atoms. The SMILES string of the molecule is CC1(c2ccccc2)NC(=O)N(CC(=O)NN(c2ccccc2)c2ccccc2)C1=O. The van der Waals surface area contributed by atoms with E-state index in [9.17, 15) is 14.4 Å². The Morgan fingerprint density at radius 1 is 0.871 bits per heavy atom. The number of benzene rings is 3. The van der Waals surface area contributed by atoms with Gasteiger partial charge in [0.25, 0.3) is 11.8 Å². The van der Waals surface area contributed by atoms with Crippen LogP contribution in [-0.4, -0.2) is 29.3 Å². The van der Waals surface area contributed by atoms with Crippen LogP contribution in [0.4, 0.5) is 16.2 Å². The maximum Gasteiger partial charge on any atom is 0.325 e. The molecule has 0 radical (unpaired) electrons. The van der Waals surface area contributed by atoms with Gasteiger partial charge in [-0.2, -0.15) is 0 Å². The van der Waals surface area contributed by atoms with Gasteiger partial charge in [0.15, 0.2) is 0 Å². The summed E-state index contributed by atoms with van der Waals surface area (Å²) in [6, 6.07) is 27.0. The monoisotopic (exact) mass is 414 g/mol. The zero-order chi connectivity index (χ0) is 21.8. The van der Waals surface area contributed by atoms with Gasteiger partial charge in [-0.3, -0.25) is 24.9 Å². The smallest absolute Gasteiger partial charge is 0.319 e. The minimum atomic E-state index is -1.21. The Hall–Kier alpha value is -4.13. The molecule has 2 N–H and O–H groups in total. The van der Waals surface area contributed by atoms with E-state index in [-0.39, 0.29) is 0 Å². The average molecular weight is 414 g/mol. The molecule has 7 nitrogen and oxygen atoms in total. The second-order valence-electron chi connectivity index (χ2n) is 7.35. The lowest BCUT2D eigenvalue weighted by molar-refractivity contribution is -0.134. The molecule has 0 bridgehead atoms. The number of imide groups is 1. The van der Waals surface area contributed by atoms with Crippen molar-refractivity contribution in [3.8, 4) is 0 Å². The molecule has 0 saturated carbocycles. The Balaban J connectivity index is 1.53. The number of hydrazine groups is 1. The molecule has 1 saturated heterocycles. The third-order valence-electron chi connectivity index (χ3n) is 5.19. The van der Waals surface area contributed by atoms with E-state index < -0.39 is 29.9 Å². The molecule has 1 atom stereocenters. The largest absolute Gasteiger partial charge is 0.325 e. The van der Waals surface area contributed by atoms with Gasteiger partial charge in [-0.05, 0) is 36.8 Å². The number of urea groups is 1. The number of nitrogens with one attached hydrogen (secondary N) is 2. The molecule has 0 aromatic heterocycles. The van der Waals surface area contributed by atoms with Gasteiger partial charge in [0.1, 0.15) is 12.1 Å². The van der Waals surface area contributed by atoms with E-state index in [0.29, 0.717) is 5.56 Å². The summed E-state index contributed by atoms with van der Waals surface area (Å²) in [4.78, 5) is 39.4. The average Bonchev–Trinajstić information content (AvgIpc) is 3.03. The standard InChI is InChI=1S/C24H22N4O3/c1-24(18-11-5-2-6-12-18)22(30)27(23(31)25-24)17-21(29)26-28(19-13-7-3-8-14-19)20-15-9-4-10-16-20/h2-16H,17H2,1H3,(H,25,31)(H,26,29). The molecular formula is C24H22N4O3. The maximum absolute atomic E-state index is 13.0. The second-order valence-corrected chi connectivity index (χ2v) is 7.35. The Morgan fingerprint density at radius 2 is 1.35 bits per heavy atom. The lowest BCUT2D eigenvalue weighted by Gasteiger charge is -2.26. The first-order valence-electron chi connectivity index (χ1n) is 9.88. The van der Waals surface area contributed by atoms with Crippen molar-refractivity contribution in [1.82, 2.24) is 15.6 Å². The van der Waals surface area contributed by atoms with Crippen LogP contribution in [0, 0.1) is 0 Å². The van der Waals surface area contributed by atoms with Crippen LogP contribution in [0.15, 0.2) is 91.0 Å². The number of anilines is 2. The molecule has 0 aliphatic carbocycles. The van der Waals surface area contributed by atoms with Crippen molar-refractivity contribution in [2.24, 2.45) is 0 Å². The van der Waals surface area contributed by atoms with Crippen molar-refractivity contribution in [2.45, 2.75) is 12.5 Å². The fourth-order valence-electron chi connectivity index (χ4n) is 3.54. The van der Waals surface area contributed by atoms with Crippen molar-refractivity contribution < 1.29 is 14.4 Å². The van der Waals surface area contributed by atoms with Crippen molar-refractivity contribution in [3.63, 3.8) is 0 Å². The number of hydrogen-bond donors (Lipinski definition) is 2. The van der Waals surface area contributed by atoms with E-state index in [1.807, 2.05) is 66.7 Å². The quantitative estimate of drug-likeness (QED) is 0.479. The molecule has 3 aromatic rings. The fraction of sp³-hybridized carbons (Fsp3) is 0.125. The summed E-state index contributed by atoms with van der Waals surface area (Å²) in [6.45, 7) is 1.24. The number of nitrogens with zero attached hydrogens (tertiary/aromatic N) is 2. The first-order valence-corrected chi connectivity index (χ1v) is 9.88. The predicted octanol–water partition coefficient (Wildman–Crippen LogP) is 3.32. The summed E-state index contributed by atoms with van der Waals surface area (Å²) in [6.07, 6.45) is 0. The summed E-state index contributed by atoms with van der Waals surface area (Å²) < 4.78 is 0. The first kappa shape index (κ1) is 20.2. The molecule has 1 heterocycles. The molecule has 4 rings (SSSR count). The van der Waals surface area contributed by atoms with E-state index in [1.54, 1.807) is 36.2 Å². The van der Waals surface area contributed by atoms with Crippen molar-refractivity contribution in [2.75, 3.05) is 11.6 Å². The number of carbonyl (C=O) groups is 3. The molecule has 1 unspecified atom stereocenters. The maximum atomic E-state index is 13.0. The minimum Gasteiger partial charge on any atom is -0.319 e. The highest BCUT2D eigenvalue weighted by atomic mass is 16.2. The molecular weight excluding hydrogens is 392 g/mol. The predicted molar refractivity (Wildman–Crippen MR) is 117 cm³/mol. The van der Waals surface area contributed by atoms with E-state index in [1.165, 1.54) is 0 Å². The Labute approximate surface area is 180 Å². The highest BCUT2D eigenvalue weighted by Gasteiger charge is 2.49. The number of rotatable bonds is 6. The number of carbonyl (C=O) groups excluding carboxylic acids is 3. The van der Waals surface area contributed by atoms with Gasteiger partial charge in [0, 0.05) is 0 Å². The van der Waals surface area contributed by atoms with E-state index in [4.69, 9.17) is 0 Å². The van der Waals surface area contributed by atoms with Gasteiger partial charge in [0.2, 0.25) is 0 Å². The zero-order valence-electron chi connectivity index (χ0n) is 17.0. The molecule has 4 amide bonds. The molecule has 1 fully saturated rings. The van der Waals surface area contributed by atoms with Crippen LogP contribution in [0.3, 0.4) is 0 Å². The highest BCUT2D eigenvalue weighted by Crippen LogP contribution is 2.28.